The van der Waals surface area contributed by atoms with Gasteiger partial charge in [-0.15, -0.1) is 0 Å². The molecule has 0 atom stereocenters. The highest BCUT2D eigenvalue weighted by Crippen LogP contribution is 2.22. The summed E-state index contributed by atoms with van der Waals surface area (Å²) in [4.78, 5) is 2.31. The average Bonchev–Trinajstić information content (AvgIpc) is 2.18. The van der Waals surface area contributed by atoms with E-state index in [0.29, 0.717) is 17.7 Å². The summed E-state index contributed by atoms with van der Waals surface area (Å²) in [5.41, 5.74) is 0. The number of nitrogens with one attached hydrogen (secondary N) is 1. The number of nitrogens with zero attached hydrogens (tertiary/aromatic N) is 1. The van der Waals surface area contributed by atoms with Crippen molar-refractivity contribution in [2.75, 3.05) is 33.3 Å². The second-order valence-electron chi connectivity index (χ2n) is 4.07. The molecule has 1 aliphatic heterocycles. The zero-order valence-electron chi connectivity index (χ0n) is 9.45. The first kappa shape index (κ1) is 11.7. The van der Waals surface area contributed by atoms with E-state index in [0.717, 1.165) is 25.4 Å². The van der Waals surface area contributed by atoms with Gasteiger partial charge in [0.2, 0.25) is 0 Å². The van der Waals surface area contributed by atoms with Crippen LogP contribution in [-0.2, 0) is 0 Å². The second kappa shape index (κ2) is 5.53. The quantitative estimate of drug-likeness (QED) is 0.847. The molecule has 0 saturated carbocycles. The predicted octanol–water partition coefficient (Wildman–Crippen LogP) is 1.62. The minimum atomic E-state index is 0.662. The van der Waals surface area contributed by atoms with Crippen molar-refractivity contribution in [3.8, 4) is 5.75 Å². The summed E-state index contributed by atoms with van der Waals surface area (Å²) < 4.78 is 5.63. The lowest BCUT2D eigenvalue weighted by molar-refractivity contribution is 0.151. The van der Waals surface area contributed by atoms with Crippen molar-refractivity contribution in [1.29, 1.82) is 0 Å². The highest BCUT2D eigenvalue weighted by atomic mass is 35.5. The number of halogens is 1. The maximum absolute atomic E-state index is 5.99. The molecule has 0 bridgehead atoms. The number of para-hydroxylation sites is 1. The molecule has 0 aliphatic carbocycles. The van der Waals surface area contributed by atoms with Gasteiger partial charge in [0.05, 0.1) is 5.02 Å². The lowest BCUT2D eigenvalue weighted by Crippen LogP contribution is -2.56. The standard InChI is InChI=1S/C12H17ClN2O/c1-15(10-8-14-9-10)6-7-16-12-5-3-2-4-11(12)13/h2-5,10,14H,6-9H2,1H3. The SMILES string of the molecule is CN(CCOc1ccccc1Cl)C1CNC1. The smallest absolute Gasteiger partial charge is 0.137 e. The van der Waals surface area contributed by atoms with Crippen LogP contribution in [0.25, 0.3) is 0 Å². The van der Waals surface area contributed by atoms with E-state index in [9.17, 15) is 0 Å². The van der Waals surface area contributed by atoms with E-state index in [-0.39, 0.29) is 0 Å². The summed E-state index contributed by atoms with van der Waals surface area (Å²) in [5, 5.41) is 3.93. The molecule has 0 spiro atoms. The monoisotopic (exact) mass is 240 g/mol. The molecule has 0 unspecified atom stereocenters. The summed E-state index contributed by atoms with van der Waals surface area (Å²) in [6, 6.07) is 8.24. The van der Waals surface area contributed by atoms with Crippen LogP contribution in [0.15, 0.2) is 24.3 Å². The highest BCUT2D eigenvalue weighted by molar-refractivity contribution is 6.32. The van der Waals surface area contributed by atoms with Gasteiger partial charge in [-0.3, -0.25) is 4.90 Å². The number of hydrogen-bond acceptors (Lipinski definition) is 3. The minimum absolute atomic E-state index is 0.662. The molecule has 0 radical (unpaired) electrons. The normalized spacial score (nSPS) is 16.2. The number of ether oxygens (including phenoxy) is 1. The molecule has 0 aromatic heterocycles. The summed E-state index contributed by atoms with van der Waals surface area (Å²) in [6.45, 7) is 3.78. The number of benzene rings is 1. The van der Waals surface area contributed by atoms with Gasteiger partial charge < -0.3 is 10.1 Å². The van der Waals surface area contributed by atoms with Gasteiger partial charge in [-0.05, 0) is 19.2 Å². The van der Waals surface area contributed by atoms with Crippen LogP contribution in [0, 0.1) is 0 Å². The Kier molecular flexibility index (Phi) is 4.04. The fraction of sp³-hybridized carbons (Fsp3) is 0.500. The zero-order valence-corrected chi connectivity index (χ0v) is 10.2. The maximum atomic E-state index is 5.99. The third-order valence-electron chi connectivity index (χ3n) is 2.92. The summed E-state index contributed by atoms with van der Waals surface area (Å²) >= 11 is 5.99. The largest absolute Gasteiger partial charge is 0.491 e. The van der Waals surface area contributed by atoms with E-state index < -0.39 is 0 Å². The van der Waals surface area contributed by atoms with Gasteiger partial charge in [-0.2, -0.15) is 0 Å². The first-order valence-corrected chi connectivity index (χ1v) is 5.93. The Labute approximate surface area is 101 Å². The third kappa shape index (κ3) is 2.88. The Bertz CT molecular complexity index is 342. The molecule has 1 heterocycles. The third-order valence-corrected chi connectivity index (χ3v) is 3.23. The van der Waals surface area contributed by atoms with Crippen LogP contribution in [0.2, 0.25) is 5.02 Å². The molecule has 16 heavy (non-hydrogen) atoms. The fourth-order valence-electron chi connectivity index (χ4n) is 1.63. The summed E-state index contributed by atoms with van der Waals surface area (Å²) in [7, 11) is 2.13. The Balaban J connectivity index is 1.73. The first-order valence-electron chi connectivity index (χ1n) is 5.55. The average molecular weight is 241 g/mol. The molecule has 1 aromatic carbocycles. The predicted molar refractivity (Wildman–Crippen MR) is 66.2 cm³/mol. The summed E-state index contributed by atoms with van der Waals surface area (Å²) in [6.07, 6.45) is 0. The molecule has 0 amide bonds. The Morgan fingerprint density at radius 1 is 1.44 bits per heavy atom. The molecule has 1 saturated heterocycles. The molecule has 4 heteroatoms. The van der Waals surface area contributed by atoms with Crippen LogP contribution in [0.4, 0.5) is 0 Å². The molecule has 1 N–H and O–H groups in total. The first-order chi connectivity index (χ1) is 7.77. The Morgan fingerprint density at radius 2 is 2.19 bits per heavy atom. The molecule has 1 aliphatic rings. The van der Waals surface area contributed by atoms with Gasteiger partial charge in [-0.25, -0.2) is 0 Å². The van der Waals surface area contributed by atoms with Crippen molar-refractivity contribution in [3.63, 3.8) is 0 Å². The highest BCUT2D eigenvalue weighted by Gasteiger charge is 2.20. The second-order valence-corrected chi connectivity index (χ2v) is 4.48. The van der Waals surface area contributed by atoms with Crippen molar-refractivity contribution in [2.24, 2.45) is 0 Å². The van der Waals surface area contributed by atoms with Gasteiger partial charge in [0.1, 0.15) is 12.4 Å². The van der Waals surface area contributed by atoms with Crippen molar-refractivity contribution in [2.45, 2.75) is 6.04 Å². The molecule has 1 fully saturated rings. The minimum Gasteiger partial charge on any atom is -0.491 e. The van der Waals surface area contributed by atoms with Crippen LogP contribution in [-0.4, -0.2) is 44.2 Å². The van der Waals surface area contributed by atoms with Gasteiger partial charge in [-0.1, -0.05) is 23.7 Å². The van der Waals surface area contributed by atoms with Crippen LogP contribution in [0.1, 0.15) is 0 Å². The number of hydrogen-bond donors (Lipinski definition) is 1. The van der Waals surface area contributed by atoms with Crippen LogP contribution < -0.4 is 10.1 Å². The van der Waals surface area contributed by atoms with Crippen molar-refractivity contribution < 1.29 is 4.74 Å². The van der Waals surface area contributed by atoms with Gasteiger partial charge in [0.25, 0.3) is 0 Å². The topological polar surface area (TPSA) is 24.5 Å². The van der Waals surface area contributed by atoms with Gasteiger partial charge in [0.15, 0.2) is 0 Å². The van der Waals surface area contributed by atoms with Crippen LogP contribution in [0.5, 0.6) is 5.75 Å². The molecular weight excluding hydrogens is 224 g/mol. The lowest BCUT2D eigenvalue weighted by Gasteiger charge is -2.35. The van der Waals surface area contributed by atoms with E-state index in [1.807, 2.05) is 24.3 Å². The molecular formula is C12H17ClN2O. The van der Waals surface area contributed by atoms with Crippen LogP contribution in [0.3, 0.4) is 0 Å². The lowest BCUT2D eigenvalue weighted by atomic mass is 10.1. The molecule has 3 nitrogen and oxygen atoms in total. The number of likely N-dealkylation sites (N-methyl/N-ethyl adjacent to an activating group) is 1. The Morgan fingerprint density at radius 3 is 2.81 bits per heavy atom. The number of rotatable bonds is 5. The van der Waals surface area contributed by atoms with Gasteiger partial charge >= 0.3 is 0 Å². The van der Waals surface area contributed by atoms with Crippen LogP contribution >= 0.6 is 11.6 Å². The van der Waals surface area contributed by atoms with Crippen molar-refractivity contribution in [1.82, 2.24) is 10.2 Å². The summed E-state index contributed by atoms with van der Waals surface area (Å²) in [5.74, 6) is 0.768. The van der Waals surface area contributed by atoms with E-state index >= 15 is 0 Å². The van der Waals surface area contributed by atoms with E-state index in [1.54, 1.807) is 0 Å². The maximum Gasteiger partial charge on any atom is 0.137 e. The molecule has 88 valence electrons. The Hall–Kier alpha value is -0.770. The zero-order chi connectivity index (χ0) is 11.4. The van der Waals surface area contributed by atoms with Crippen molar-refractivity contribution in [3.05, 3.63) is 29.3 Å². The molecule has 1 aromatic rings. The van der Waals surface area contributed by atoms with E-state index in [1.165, 1.54) is 0 Å². The molecule has 2 rings (SSSR count). The van der Waals surface area contributed by atoms with E-state index in [4.69, 9.17) is 16.3 Å². The fourth-order valence-corrected chi connectivity index (χ4v) is 1.82. The van der Waals surface area contributed by atoms with Gasteiger partial charge in [0, 0.05) is 25.7 Å². The van der Waals surface area contributed by atoms with E-state index in [2.05, 4.69) is 17.3 Å². The van der Waals surface area contributed by atoms with Crippen molar-refractivity contribution >= 4 is 11.6 Å².